The SMILES string of the molecule is O=C(Cc1cccc(Cl)c1)N1CCN(C(=O)C2CC23CCNCC3)CC1. The highest BCUT2D eigenvalue weighted by Crippen LogP contribution is 2.59. The summed E-state index contributed by atoms with van der Waals surface area (Å²) < 4.78 is 0. The molecule has 2 saturated heterocycles. The summed E-state index contributed by atoms with van der Waals surface area (Å²) in [6, 6.07) is 7.45. The van der Waals surface area contributed by atoms with Crippen LogP contribution in [0.15, 0.2) is 24.3 Å². The normalized spacial score (nSPS) is 24.6. The molecule has 3 aliphatic rings. The molecule has 0 aromatic heterocycles. The molecule has 1 aromatic carbocycles. The maximum atomic E-state index is 12.8. The van der Waals surface area contributed by atoms with Crippen molar-refractivity contribution in [3.8, 4) is 0 Å². The van der Waals surface area contributed by atoms with Gasteiger partial charge in [0.2, 0.25) is 11.8 Å². The number of piperidine rings is 1. The first-order valence-corrected chi connectivity index (χ1v) is 9.97. The molecule has 3 fully saturated rings. The summed E-state index contributed by atoms with van der Waals surface area (Å²) in [6.45, 7) is 4.65. The van der Waals surface area contributed by atoms with Crippen molar-refractivity contribution in [3.63, 3.8) is 0 Å². The Morgan fingerprint density at radius 3 is 2.50 bits per heavy atom. The fourth-order valence-corrected chi connectivity index (χ4v) is 4.72. The number of piperazine rings is 1. The number of carbonyl (C=O) groups excluding carboxylic acids is 2. The van der Waals surface area contributed by atoms with Gasteiger partial charge in [0.1, 0.15) is 0 Å². The fourth-order valence-electron chi connectivity index (χ4n) is 4.50. The van der Waals surface area contributed by atoms with Gasteiger partial charge in [-0.3, -0.25) is 9.59 Å². The predicted molar refractivity (Wildman–Crippen MR) is 101 cm³/mol. The first-order valence-electron chi connectivity index (χ1n) is 9.59. The van der Waals surface area contributed by atoms with Gasteiger partial charge in [-0.1, -0.05) is 23.7 Å². The number of rotatable bonds is 3. The lowest BCUT2D eigenvalue weighted by atomic mass is 9.91. The van der Waals surface area contributed by atoms with Gasteiger partial charge in [-0.05, 0) is 55.5 Å². The van der Waals surface area contributed by atoms with Gasteiger partial charge in [0.25, 0.3) is 0 Å². The third-order valence-electron chi connectivity index (χ3n) is 6.28. The number of hydrogen-bond acceptors (Lipinski definition) is 3. The largest absolute Gasteiger partial charge is 0.339 e. The second kappa shape index (κ2) is 7.20. The third kappa shape index (κ3) is 3.60. The average Bonchev–Trinajstić information content (AvgIpc) is 3.34. The monoisotopic (exact) mass is 375 g/mol. The molecule has 26 heavy (non-hydrogen) atoms. The van der Waals surface area contributed by atoms with Crippen molar-refractivity contribution < 1.29 is 9.59 Å². The Morgan fingerprint density at radius 1 is 1.12 bits per heavy atom. The molecule has 1 unspecified atom stereocenters. The van der Waals surface area contributed by atoms with E-state index in [1.807, 2.05) is 34.1 Å². The zero-order valence-electron chi connectivity index (χ0n) is 15.0. The van der Waals surface area contributed by atoms with Crippen LogP contribution in [0.1, 0.15) is 24.8 Å². The van der Waals surface area contributed by atoms with Crippen molar-refractivity contribution in [2.45, 2.75) is 25.7 Å². The summed E-state index contributed by atoms with van der Waals surface area (Å²) >= 11 is 5.99. The second-order valence-electron chi connectivity index (χ2n) is 7.88. The molecule has 2 aliphatic heterocycles. The number of nitrogens with one attached hydrogen (secondary N) is 1. The van der Waals surface area contributed by atoms with Crippen LogP contribution in [-0.2, 0) is 16.0 Å². The molecule has 0 radical (unpaired) electrons. The van der Waals surface area contributed by atoms with E-state index in [9.17, 15) is 9.59 Å². The molecule has 1 atom stereocenters. The van der Waals surface area contributed by atoms with Crippen molar-refractivity contribution in [1.29, 1.82) is 0 Å². The number of benzene rings is 1. The lowest BCUT2D eigenvalue weighted by Gasteiger charge is -2.35. The number of halogens is 1. The standard InChI is InChI=1S/C20H26ClN3O2/c21-16-3-1-2-15(12-16)13-18(25)23-8-10-24(11-9-23)19(26)17-14-20(17)4-6-22-7-5-20/h1-3,12,17,22H,4-11,13-14H2. The Hall–Kier alpha value is -1.59. The second-order valence-corrected chi connectivity index (χ2v) is 8.32. The van der Waals surface area contributed by atoms with E-state index in [1.165, 1.54) is 0 Å². The zero-order chi connectivity index (χ0) is 18.1. The summed E-state index contributed by atoms with van der Waals surface area (Å²) in [4.78, 5) is 29.2. The summed E-state index contributed by atoms with van der Waals surface area (Å²) in [7, 11) is 0. The van der Waals surface area contributed by atoms with E-state index in [-0.39, 0.29) is 17.2 Å². The van der Waals surface area contributed by atoms with E-state index in [1.54, 1.807) is 0 Å². The van der Waals surface area contributed by atoms with Crippen LogP contribution in [0.5, 0.6) is 0 Å². The van der Waals surface area contributed by atoms with E-state index < -0.39 is 0 Å². The van der Waals surface area contributed by atoms with Crippen molar-refractivity contribution >= 4 is 23.4 Å². The first kappa shape index (κ1) is 17.8. The Balaban J connectivity index is 1.27. The number of hydrogen-bond donors (Lipinski definition) is 1. The molecule has 4 rings (SSSR count). The van der Waals surface area contributed by atoms with E-state index in [0.717, 1.165) is 37.9 Å². The minimum absolute atomic E-state index is 0.112. The van der Waals surface area contributed by atoms with Crippen molar-refractivity contribution in [1.82, 2.24) is 15.1 Å². The van der Waals surface area contributed by atoms with Crippen LogP contribution in [0.25, 0.3) is 0 Å². The Kier molecular flexibility index (Phi) is 4.93. The molecule has 5 nitrogen and oxygen atoms in total. The maximum Gasteiger partial charge on any atom is 0.227 e. The predicted octanol–water partition coefficient (Wildman–Crippen LogP) is 1.94. The average molecular weight is 376 g/mol. The van der Waals surface area contributed by atoms with Crippen LogP contribution in [0.4, 0.5) is 0 Å². The van der Waals surface area contributed by atoms with Crippen LogP contribution >= 0.6 is 11.6 Å². The number of nitrogens with zero attached hydrogens (tertiary/aromatic N) is 2. The Bertz CT molecular complexity index is 694. The van der Waals surface area contributed by atoms with Crippen molar-refractivity contribution in [2.75, 3.05) is 39.3 Å². The van der Waals surface area contributed by atoms with Crippen LogP contribution in [0, 0.1) is 11.3 Å². The van der Waals surface area contributed by atoms with Gasteiger partial charge in [0, 0.05) is 37.1 Å². The number of carbonyl (C=O) groups is 2. The van der Waals surface area contributed by atoms with Gasteiger partial charge in [-0.25, -0.2) is 0 Å². The molecule has 2 heterocycles. The zero-order valence-corrected chi connectivity index (χ0v) is 15.8. The quantitative estimate of drug-likeness (QED) is 0.878. The molecule has 140 valence electrons. The van der Waals surface area contributed by atoms with Gasteiger partial charge in [-0.15, -0.1) is 0 Å². The molecule has 0 bridgehead atoms. The molecule has 2 amide bonds. The molecular formula is C20H26ClN3O2. The Labute approximate surface area is 159 Å². The molecule has 1 aromatic rings. The minimum atomic E-state index is 0.112. The number of amides is 2. The molecule has 1 spiro atoms. The summed E-state index contributed by atoms with van der Waals surface area (Å²) in [5, 5.41) is 4.04. The topological polar surface area (TPSA) is 52.7 Å². The van der Waals surface area contributed by atoms with Gasteiger partial charge in [-0.2, -0.15) is 0 Å². The smallest absolute Gasteiger partial charge is 0.227 e. The maximum absolute atomic E-state index is 12.8. The Morgan fingerprint density at radius 2 is 1.81 bits per heavy atom. The summed E-state index contributed by atoms with van der Waals surface area (Å²) in [6.07, 6.45) is 3.68. The van der Waals surface area contributed by atoms with E-state index in [4.69, 9.17) is 11.6 Å². The van der Waals surface area contributed by atoms with E-state index in [0.29, 0.717) is 43.5 Å². The van der Waals surface area contributed by atoms with Crippen LogP contribution in [0.3, 0.4) is 0 Å². The van der Waals surface area contributed by atoms with E-state index >= 15 is 0 Å². The van der Waals surface area contributed by atoms with Crippen molar-refractivity contribution in [2.24, 2.45) is 11.3 Å². The first-order chi connectivity index (χ1) is 12.6. The van der Waals surface area contributed by atoms with Gasteiger partial charge in [0.15, 0.2) is 0 Å². The molecule has 1 aliphatic carbocycles. The molecule has 1 N–H and O–H groups in total. The summed E-state index contributed by atoms with van der Waals surface area (Å²) in [5.74, 6) is 0.646. The van der Waals surface area contributed by atoms with E-state index in [2.05, 4.69) is 5.32 Å². The lowest BCUT2D eigenvalue weighted by Crippen LogP contribution is -2.51. The lowest BCUT2D eigenvalue weighted by molar-refractivity contribution is -0.140. The van der Waals surface area contributed by atoms with Crippen LogP contribution < -0.4 is 5.32 Å². The highest BCUT2D eigenvalue weighted by atomic mass is 35.5. The van der Waals surface area contributed by atoms with Gasteiger partial charge in [0.05, 0.1) is 6.42 Å². The highest BCUT2D eigenvalue weighted by molar-refractivity contribution is 6.30. The fraction of sp³-hybridized carbons (Fsp3) is 0.600. The van der Waals surface area contributed by atoms with Gasteiger partial charge >= 0.3 is 0 Å². The molecule has 6 heteroatoms. The molecule has 1 saturated carbocycles. The minimum Gasteiger partial charge on any atom is -0.339 e. The third-order valence-corrected chi connectivity index (χ3v) is 6.51. The summed E-state index contributed by atoms with van der Waals surface area (Å²) in [5.41, 5.74) is 1.22. The highest BCUT2D eigenvalue weighted by Gasteiger charge is 2.58. The van der Waals surface area contributed by atoms with Crippen LogP contribution in [-0.4, -0.2) is 60.9 Å². The molecular weight excluding hydrogens is 350 g/mol. The van der Waals surface area contributed by atoms with Gasteiger partial charge < -0.3 is 15.1 Å². The van der Waals surface area contributed by atoms with Crippen molar-refractivity contribution in [3.05, 3.63) is 34.9 Å². The van der Waals surface area contributed by atoms with Crippen LogP contribution in [0.2, 0.25) is 5.02 Å².